The lowest BCUT2D eigenvalue weighted by Crippen LogP contribution is -2.43. The van der Waals surface area contributed by atoms with E-state index in [0.717, 1.165) is 12.4 Å². The standard InChI is InChI=1S/C10H9F2NO2/c11-6-4-13-5-7(12)8(6)10(9(14)15)2-1-3-10/h4-5H,1-3H2,(H,14,15). The fraction of sp³-hybridized carbons (Fsp3) is 0.400. The van der Waals surface area contributed by atoms with Crippen LogP contribution in [-0.2, 0) is 10.2 Å². The fourth-order valence-electron chi connectivity index (χ4n) is 1.97. The van der Waals surface area contributed by atoms with Gasteiger partial charge in [-0.2, -0.15) is 0 Å². The summed E-state index contributed by atoms with van der Waals surface area (Å²) in [6, 6.07) is 0. The van der Waals surface area contributed by atoms with E-state index in [1.54, 1.807) is 0 Å². The lowest BCUT2D eigenvalue weighted by Gasteiger charge is -2.38. The third-order valence-corrected chi connectivity index (χ3v) is 2.95. The van der Waals surface area contributed by atoms with Gasteiger partial charge in [0.05, 0.1) is 17.8 Å². The lowest BCUT2D eigenvalue weighted by molar-refractivity contribution is -0.147. The molecule has 0 unspecified atom stereocenters. The summed E-state index contributed by atoms with van der Waals surface area (Å²) in [4.78, 5) is 14.4. The first kappa shape index (κ1) is 10.0. The first-order chi connectivity index (χ1) is 7.08. The summed E-state index contributed by atoms with van der Waals surface area (Å²) in [7, 11) is 0. The molecule has 3 nitrogen and oxygen atoms in total. The minimum atomic E-state index is -1.38. The molecule has 0 bridgehead atoms. The van der Waals surface area contributed by atoms with E-state index in [-0.39, 0.29) is 18.4 Å². The molecule has 0 atom stereocenters. The average Bonchev–Trinajstić information content (AvgIpc) is 2.07. The molecule has 1 aliphatic rings. The molecular formula is C10H9F2NO2. The van der Waals surface area contributed by atoms with Crippen molar-refractivity contribution in [3.05, 3.63) is 29.6 Å². The molecule has 0 saturated heterocycles. The highest BCUT2D eigenvalue weighted by Crippen LogP contribution is 2.45. The Balaban J connectivity index is 2.57. The summed E-state index contributed by atoms with van der Waals surface area (Å²) in [5, 5.41) is 9.03. The number of aromatic nitrogens is 1. The molecule has 5 heteroatoms. The number of carboxylic acid groups (broad SMARTS) is 1. The van der Waals surface area contributed by atoms with Crippen molar-refractivity contribution in [3.8, 4) is 0 Å². The summed E-state index contributed by atoms with van der Waals surface area (Å²) in [6.45, 7) is 0. The number of halogens is 2. The monoisotopic (exact) mass is 213 g/mol. The number of aliphatic carboxylic acids is 1. The number of pyridine rings is 1. The Morgan fingerprint density at radius 3 is 2.20 bits per heavy atom. The zero-order valence-electron chi connectivity index (χ0n) is 7.83. The van der Waals surface area contributed by atoms with Crippen LogP contribution in [0.25, 0.3) is 0 Å². The van der Waals surface area contributed by atoms with Gasteiger partial charge in [0.2, 0.25) is 0 Å². The lowest BCUT2D eigenvalue weighted by atomic mass is 9.64. The van der Waals surface area contributed by atoms with E-state index in [2.05, 4.69) is 4.98 Å². The molecule has 2 rings (SSSR count). The molecule has 1 heterocycles. The largest absolute Gasteiger partial charge is 0.481 e. The Bertz CT molecular complexity index is 396. The van der Waals surface area contributed by atoms with E-state index >= 15 is 0 Å². The molecule has 0 aromatic carbocycles. The van der Waals surface area contributed by atoms with Gasteiger partial charge < -0.3 is 5.11 Å². The Morgan fingerprint density at radius 1 is 1.33 bits per heavy atom. The van der Waals surface area contributed by atoms with Crippen LogP contribution in [0.2, 0.25) is 0 Å². The third-order valence-electron chi connectivity index (χ3n) is 2.95. The molecule has 0 amide bonds. The van der Waals surface area contributed by atoms with Crippen LogP contribution in [0.3, 0.4) is 0 Å². The zero-order chi connectivity index (χ0) is 11.1. The van der Waals surface area contributed by atoms with Crippen molar-refractivity contribution >= 4 is 5.97 Å². The average molecular weight is 213 g/mol. The van der Waals surface area contributed by atoms with Gasteiger partial charge in [0.1, 0.15) is 11.6 Å². The second-order valence-electron chi connectivity index (χ2n) is 3.72. The van der Waals surface area contributed by atoms with Crippen LogP contribution in [0.1, 0.15) is 24.8 Å². The van der Waals surface area contributed by atoms with E-state index in [1.165, 1.54) is 0 Å². The van der Waals surface area contributed by atoms with Gasteiger partial charge in [0, 0.05) is 5.56 Å². The normalized spacial score (nSPS) is 18.3. The van der Waals surface area contributed by atoms with Gasteiger partial charge in [-0.1, -0.05) is 6.42 Å². The van der Waals surface area contributed by atoms with E-state index in [9.17, 15) is 13.6 Å². The predicted octanol–water partition coefficient (Wildman–Crippen LogP) is 1.87. The SMILES string of the molecule is O=C(O)C1(c2c(F)cncc2F)CCC1. The van der Waals surface area contributed by atoms with Crippen molar-refractivity contribution in [2.45, 2.75) is 24.7 Å². The van der Waals surface area contributed by atoms with Gasteiger partial charge in [-0.05, 0) is 12.8 Å². The molecule has 1 fully saturated rings. The van der Waals surface area contributed by atoms with Crippen LogP contribution < -0.4 is 0 Å². The molecule has 1 aliphatic carbocycles. The van der Waals surface area contributed by atoms with E-state index in [4.69, 9.17) is 5.11 Å². The van der Waals surface area contributed by atoms with Crippen LogP contribution in [0, 0.1) is 11.6 Å². The van der Waals surface area contributed by atoms with E-state index in [0.29, 0.717) is 6.42 Å². The Kier molecular flexibility index (Phi) is 2.17. The van der Waals surface area contributed by atoms with Gasteiger partial charge in [0.15, 0.2) is 0 Å². The van der Waals surface area contributed by atoms with Crippen LogP contribution in [-0.4, -0.2) is 16.1 Å². The molecule has 1 saturated carbocycles. The molecule has 1 aromatic rings. The number of hydrogen-bond donors (Lipinski definition) is 1. The molecular weight excluding hydrogens is 204 g/mol. The number of carboxylic acids is 1. The number of nitrogens with zero attached hydrogens (tertiary/aromatic N) is 1. The van der Waals surface area contributed by atoms with Crippen LogP contribution in [0.5, 0.6) is 0 Å². The van der Waals surface area contributed by atoms with Gasteiger partial charge in [-0.3, -0.25) is 9.78 Å². The molecule has 80 valence electrons. The molecule has 1 aromatic heterocycles. The Labute approximate surface area is 84.8 Å². The van der Waals surface area contributed by atoms with Crippen molar-refractivity contribution in [1.29, 1.82) is 0 Å². The van der Waals surface area contributed by atoms with Crippen molar-refractivity contribution in [2.24, 2.45) is 0 Å². The maximum Gasteiger partial charge on any atom is 0.314 e. The minimum Gasteiger partial charge on any atom is -0.481 e. The maximum atomic E-state index is 13.4. The second-order valence-corrected chi connectivity index (χ2v) is 3.72. The third kappa shape index (κ3) is 1.30. The summed E-state index contributed by atoms with van der Waals surface area (Å²) in [6.07, 6.45) is 2.93. The van der Waals surface area contributed by atoms with Gasteiger partial charge >= 0.3 is 5.97 Å². The molecule has 0 spiro atoms. The number of carbonyl (C=O) groups is 1. The second kappa shape index (κ2) is 3.25. The molecule has 15 heavy (non-hydrogen) atoms. The smallest absolute Gasteiger partial charge is 0.314 e. The summed E-state index contributed by atoms with van der Waals surface area (Å²) < 4.78 is 26.7. The highest BCUT2D eigenvalue weighted by Gasteiger charge is 2.49. The zero-order valence-corrected chi connectivity index (χ0v) is 7.83. The molecule has 0 radical (unpaired) electrons. The van der Waals surface area contributed by atoms with Crippen molar-refractivity contribution in [2.75, 3.05) is 0 Å². The van der Waals surface area contributed by atoms with Crippen molar-refractivity contribution < 1.29 is 18.7 Å². The van der Waals surface area contributed by atoms with Gasteiger partial charge in [-0.15, -0.1) is 0 Å². The highest BCUT2D eigenvalue weighted by molar-refractivity contribution is 5.82. The first-order valence-corrected chi connectivity index (χ1v) is 4.61. The van der Waals surface area contributed by atoms with Crippen molar-refractivity contribution in [3.63, 3.8) is 0 Å². The minimum absolute atomic E-state index is 0.278. The predicted molar refractivity (Wildman–Crippen MR) is 47.3 cm³/mol. The Morgan fingerprint density at radius 2 is 1.87 bits per heavy atom. The Hall–Kier alpha value is -1.52. The van der Waals surface area contributed by atoms with Gasteiger partial charge in [0.25, 0.3) is 0 Å². The van der Waals surface area contributed by atoms with E-state index in [1.807, 2.05) is 0 Å². The quantitative estimate of drug-likeness (QED) is 0.815. The van der Waals surface area contributed by atoms with E-state index < -0.39 is 23.0 Å². The summed E-state index contributed by atoms with van der Waals surface area (Å²) >= 11 is 0. The highest BCUT2D eigenvalue weighted by atomic mass is 19.1. The summed E-state index contributed by atoms with van der Waals surface area (Å²) in [5.74, 6) is -2.92. The van der Waals surface area contributed by atoms with Gasteiger partial charge in [-0.25, -0.2) is 8.78 Å². The molecule has 0 aliphatic heterocycles. The van der Waals surface area contributed by atoms with Crippen LogP contribution >= 0.6 is 0 Å². The molecule has 1 N–H and O–H groups in total. The van der Waals surface area contributed by atoms with Crippen molar-refractivity contribution in [1.82, 2.24) is 4.98 Å². The van der Waals surface area contributed by atoms with Crippen LogP contribution in [0.4, 0.5) is 8.78 Å². The topological polar surface area (TPSA) is 50.2 Å². The number of rotatable bonds is 2. The fourth-order valence-corrected chi connectivity index (χ4v) is 1.97. The van der Waals surface area contributed by atoms with Crippen LogP contribution in [0.15, 0.2) is 12.4 Å². The first-order valence-electron chi connectivity index (χ1n) is 4.61. The number of hydrogen-bond acceptors (Lipinski definition) is 2. The maximum absolute atomic E-state index is 13.4. The summed E-state index contributed by atoms with van der Waals surface area (Å²) in [5.41, 5.74) is -1.73.